The van der Waals surface area contributed by atoms with Crippen molar-refractivity contribution in [3.05, 3.63) is 74.0 Å². The zero-order valence-corrected chi connectivity index (χ0v) is 26.3. The van der Waals surface area contributed by atoms with E-state index in [1.165, 1.54) is 7.11 Å². The van der Waals surface area contributed by atoms with Gasteiger partial charge in [0.05, 0.1) is 12.1 Å². The minimum atomic E-state index is -0.571. The van der Waals surface area contributed by atoms with Crippen molar-refractivity contribution in [2.24, 2.45) is 10.8 Å². The van der Waals surface area contributed by atoms with Crippen LogP contribution in [-0.4, -0.2) is 31.2 Å². The highest BCUT2D eigenvalue weighted by Crippen LogP contribution is 2.52. The largest absolute Gasteiger partial charge is 0.493 e. The van der Waals surface area contributed by atoms with Gasteiger partial charge in [-0.3, -0.25) is 14.4 Å². The van der Waals surface area contributed by atoms with E-state index >= 15 is 0 Å². The lowest BCUT2D eigenvalue weighted by molar-refractivity contribution is -0.119. The second-order valence-electron chi connectivity index (χ2n) is 13.1. The number of allylic oxidation sites excluding steroid dienone is 4. The standard InChI is InChI=1S/C33H36Cl2N2O5/c1-17-7-8-19(11-20(17)34)36-27(40)16-42-31-21(35)9-18(10-26(31)41-6)28-29-22(12-32(2,3)14-24(29)38)37-23-13-33(4,5)15-25(39)30(23)28/h7-11,28,37H,12-16H2,1-6H3,(H,36,40). The maximum Gasteiger partial charge on any atom is 0.262 e. The number of ether oxygens (including phenoxy) is 2. The van der Waals surface area contributed by atoms with Gasteiger partial charge in [-0.1, -0.05) is 57.0 Å². The van der Waals surface area contributed by atoms with Crippen LogP contribution >= 0.6 is 23.2 Å². The van der Waals surface area contributed by atoms with Crippen molar-refractivity contribution in [3.63, 3.8) is 0 Å². The van der Waals surface area contributed by atoms with Crippen LogP contribution in [0.2, 0.25) is 10.0 Å². The van der Waals surface area contributed by atoms with Crippen molar-refractivity contribution < 1.29 is 23.9 Å². The highest BCUT2D eigenvalue weighted by atomic mass is 35.5. The Morgan fingerprint density at radius 3 is 2.07 bits per heavy atom. The second-order valence-corrected chi connectivity index (χ2v) is 13.9. The molecule has 0 unspecified atom stereocenters. The van der Waals surface area contributed by atoms with Gasteiger partial charge in [-0.2, -0.15) is 0 Å². The molecule has 2 aliphatic carbocycles. The number of ketones is 2. The molecule has 9 heteroatoms. The zero-order chi connectivity index (χ0) is 30.6. The number of halogens is 2. The number of carbonyl (C=O) groups excluding carboxylic acids is 3. The number of hydrogen-bond donors (Lipinski definition) is 2. The lowest BCUT2D eigenvalue weighted by Crippen LogP contribution is -2.42. The number of hydrogen-bond acceptors (Lipinski definition) is 6. The lowest BCUT2D eigenvalue weighted by Gasteiger charge is -2.44. The van der Waals surface area contributed by atoms with Crippen LogP contribution in [0.15, 0.2) is 52.9 Å². The first-order valence-corrected chi connectivity index (χ1v) is 14.8. The van der Waals surface area contributed by atoms with Crippen LogP contribution < -0.4 is 20.1 Å². The molecule has 0 spiro atoms. The second kappa shape index (κ2) is 11.1. The van der Waals surface area contributed by atoms with Crippen LogP contribution in [0.25, 0.3) is 0 Å². The molecule has 1 amide bonds. The fourth-order valence-electron chi connectivity index (χ4n) is 6.27. The molecule has 0 aromatic heterocycles. The Kier molecular flexibility index (Phi) is 7.96. The summed E-state index contributed by atoms with van der Waals surface area (Å²) in [7, 11) is 1.48. The quantitative estimate of drug-likeness (QED) is 0.356. The molecule has 1 heterocycles. The van der Waals surface area contributed by atoms with Gasteiger partial charge in [0.15, 0.2) is 29.7 Å². The summed E-state index contributed by atoms with van der Waals surface area (Å²) >= 11 is 12.9. The van der Waals surface area contributed by atoms with Crippen molar-refractivity contribution in [2.45, 2.75) is 66.2 Å². The SMILES string of the molecule is COc1cc(C2C3=C(CC(C)(C)CC3=O)NC3=C2C(=O)CC(C)(C)C3)cc(Cl)c1OCC(=O)Nc1ccc(C)c(Cl)c1. The van der Waals surface area contributed by atoms with Crippen LogP contribution in [0.4, 0.5) is 5.69 Å². The average Bonchev–Trinajstić information content (AvgIpc) is 2.87. The minimum absolute atomic E-state index is 0.0197. The van der Waals surface area contributed by atoms with Crippen LogP contribution in [0.3, 0.4) is 0 Å². The monoisotopic (exact) mass is 610 g/mol. The summed E-state index contributed by atoms with van der Waals surface area (Å²) < 4.78 is 11.5. The molecule has 42 heavy (non-hydrogen) atoms. The van der Waals surface area contributed by atoms with Gasteiger partial charge in [0.2, 0.25) is 0 Å². The van der Waals surface area contributed by atoms with Crippen molar-refractivity contribution in [3.8, 4) is 11.5 Å². The first-order chi connectivity index (χ1) is 19.7. The van der Waals surface area contributed by atoms with E-state index in [-0.39, 0.29) is 39.8 Å². The van der Waals surface area contributed by atoms with Crippen molar-refractivity contribution in [2.75, 3.05) is 19.0 Å². The third-order valence-corrected chi connectivity index (χ3v) is 8.80. The smallest absolute Gasteiger partial charge is 0.262 e. The predicted octanol–water partition coefficient (Wildman–Crippen LogP) is 7.30. The first kappa shape index (κ1) is 30.2. The Bertz CT molecular complexity index is 1520. The number of Topliss-reactive ketones (excluding diaryl/α,β-unsaturated/α-hetero) is 2. The molecule has 222 valence electrons. The number of rotatable bonds is 6. The van der Waals surface area contributed by atoms with Crippen LogP contribution in [-0.2, 0) is 14.4 Å². The molecular formula is C33H36Cl2N2O5. The van der Waals surface area contributed by atoms with Gasteiger partial charge in [0, 0.05) is 52.0 Å². The molecule has 0 radical (unpaired) electrons. The Labute approximate surface area is 256 Å². The van der Waals surface area contributed by atoms with E-state index in [4.69, 9.17) is 32.7 Å². The van der Waals surface area contributed by atoms with Gasteiger partial charge in [-0.25, -0.2) is 0 Å². The van der Waals surface area contributed by atoms with E-state index in [9.17, 15) is 14.4 Å². The van der Waals surface area contributed by atoms with Gasteiger partial charge in [-0.15, -0.1) is 0 Å². The van der Waals surface area contributed by atoms with Crippen LogP contribution in [0, 0.1) is 17.8 Å². The van der Waals surface area contributed by atoms with Gasteiger partial charge in [0.25, 0.3) is 5.91 Å². The fraction of sp³-hybridized carbons (Fsp3) is 0.424. The number of anilines is 1. The van der Waals surface area contributed by atoms with Crippen LogP contribution in [0.5, 0.6) is 11.5 Å². The van der Waals surface area contributed by atoms with E-state index in [2.05, 4.69) is 38.3 Å². The third kappa shape index (κ3) is 5.95. The van der Waals surface area contributed by atoms with Crippen LogP contribution in [0.1, 0.15) is 70.4 Å². The first-order valence-electron chi connectivity index (χ1n) is 14.0. The van der Waals surface area contributed by atoms with E-state index in [0.29, 0.717) is 58.9 Å². The third-order valence-electron chi connectivity index (χ3n) is 8.11. The zero-order valence-electron chi connectivity index (χ0n) is 24.8. The maximum atomic E-state index is 13.6. The van der Waals surface area contributed by atoms with E-state index < -0.39 is 11.8 Å². The van der Waals surface area contributed by atoms with Gasteiger partial charge in [-0.05, 0) is 66.0 Å². The maximum absolute atomic E-state index is 13.6. The Balaban J connectivity index is 1.49. The van der Waals surface area contributed by atoms with Gasteiger partial charge >= 0.3 is 0 Å². The van der Waals surface area contributed by atoms with E-state index in [1.54, 1.807) is 24.3 Å². The van der Waals surface area contributed by atoms with Crippen molar-refractivity contribution >= 4 is 46.4 Å². The number of nitrogens with one attached hydrogen (secondary N) is 2. The molecule has 5 rings (SSSR count). The number of dihydropyridines is 1. The van der Waals surface area contributed by atoms with Gasteiger partial charge < -0.3 is 20.1 Å². The molecule has 1 aliphatic heterocycles. The number of carbonyl (C=O) groups is 3. The summed E-state index contributed by atoms with van der Waals surface area (Å²) in [6, 6.07) is 8.71. The number of benzene rings is 2. The predicted molar refractivity (Wildman–Crippen MR) is 164 cm³/mol. The van der Waals surface area contributed by atoms with E-state index in [0.717, 1.165) is 17.0 Å². The highest BCUT2D eigenvalue weighted by molar-refractivity contribution is 6.32. The molecule has 2 N–H and O–H groups in total. The summed E-state index contributed by atoms with van der Waals surface area (Å²) in [5, 5.41) is 7.04. The molecule has 0 fully saturated rings. The number of aryl methyl sites for hydroxylation is 1. The minimum Gasteiger partial charge on any atom is -0.493 e. The molecule has 0 atom stereocenters. The summed E-state index contributed by atoms with van der Waals surface area (Å²) in [5.41, 5.74) is 4.70. The topological polar surface area (TPSA) is 93.7 Å². The normalized spacial score (nSPS) is 19.6. The number of methoxy groups -OCH3 is 1. The Morgan fingerprint density at radius 2 is 1.52 bits per heavy atom. The molecule has 7 nitrogen and oxygen atoms in total. The molecule has 2 aromatic rings. The summed E-state index contributed by atoms with van der Waals surface area (Å²) in [6.07, 6.45) is 2.17. The molecule has 0 saturated carbocycles. The Morgan fingerprint density at radius 1 is 0.929 bits per heavy atom. The molecule has 0 bridgehead atoms. The molecule has 3 aliphatic rings. The summed E-state index contributed by atoms with van der Waals surface area (Å²) in [5.74, 6) is -0.426. The molecule has 2 aromatic carbocycles. The summed E-state index contributed by atoms with van der Waals surface area (Å²) in [4.78, 5) is 39.9. The lowest BCUT2D eigenvalue weighted by atomic mass is 9.64. The van der Waals surface area contributed by atoms with Crippen molar-refractivity contribution in [1.29, 1.82) is 0 Å². The molecule has 0 saturated heterocycles. The van der Waals surface area contributed by atoms with Crippen molar-refractivity contribution in [1.82, 2.24) is 5.32 Å². The summed E-state index contributed by atoms with van der Waals surface area (Å²) in [6.45, 7) is 9.90. The number of amides is 1. The van der Waals surface area contributed by atoms with E-state index in [1.807, 2.05) is 13.0 Å². The fourth-order valence-corrected chi connectivity index (χ4v) is 6.73. The average molecular weight is 612 g/mol. The molecular weight excluding hydrogens is 575 g/mol. The van der Waals surface area contributed by atoms with Gasteiger partial charge in [0.1, 0.15) is 0 Å². The Hall–Kier alpha value is -3.29. The highest BCUT2D eigenvalue weighted by Gasteiger charge is 2.46.